The Hall–Kier alpha value is -6.14. The summed E-state index contributed by atoms with van der Waals surface area (Å²) in [5.74, 6) is -0.380. The number of hydrogen-bond donors (Lipinski definition) is 4. The van der Waals surface area contributed by atoms with Gasteiger partial charge in [0.2, 0.25) is 23.2 Å². The Morgan fingerprint density at radius 1 is 0.909 bits per heavy atom. The molecule has 12 heteroatoms. The van der Waals surface area contributed by atoms with Gasteiger partial charge in [0.05, 0.1) is 11.3 Å². The third kappa shape index (κ3) is 6.16. The third-order valence-electron chi connectivity index (χ3n) is 12.0. The van der Waals surface area contributed by atoms with Gasteiger partial charge in [-0.3, -0.25) is 35.0 Å². The Kier molecular flexibility index (Phi) is 8.77. The lowest BCUT2D eigenvalue weighted by Crippen LogP contribution is -2.53. The summed E-state index contributed by atoms with van der Waals surface area (Å²) in [5.41, 5.74) is 12.9. The smallest absolute Gasteiger partial charge is 0.261 e. The maximum absolute atomic E-state index is 13.6. The minimum Gasteiger partial charge on any atom is -0.507 e. The van der Waals surface area contributed by atoms with Gasteiger partial charge in [0.1, 0.15) is 17.5 Å². The van der Waals surface area contributed by atoms with E-state index in [0.717, 1.165) is 74.0 Å². The zero-order valence-corrected chi connectivity index (χ0v) is 30.4. The van der Waals surface area contributed by atoms with Gasteiger partial charge < -0.3 is 20.6 Å². The summed E-state index contributed by atoms with van der Waals surface area (Å²) in [6, 6.07) is 19.4. The molecule has 1 aromatic heterocycles. The fourth-order valence-electron chi connectivity index (χ4n) is 9.11. The van der Waals surface area contributed by atoms with Crippen LogP contribution in [0.4, 0.5) is 17.1 Å². The molecule has 3 saturated heterocycles. The summed E-state index contributed by atoms with van der Waals surface area (Å²) in [7, 11) is 0. The molecular formula is C43H43N8O4+. The molecule has 0 bridgehead atoms. The zero-order chi connectivity index (χ0) is 37.8. The minimum atomic E-state index is -0.715. The number of hydrogen-bond acceptors (Lipinski definition) is 9. The first-order chi connectivity index (χ1) is 26.7. The Morgan fingerprint density at radius 3 is 2.40 bits per heavy atom. The first kappa shape index (κ1) is 34.6. The number of piperidine rings is 3. The number of nitrogens with zero attached hydrogens (tertiary/aromatic N) is 5. The summed E-state index contributed by atoms with van der Waals surface area (Å²) in [4.78, 5) is 49.2. The van der Waals surface area contributed by atoms with E-state index in [1.54, 1.807) is 41.4 Å². The molecule has 278 valence electrons. The van der Waals surface area contributed by atoms with E-state index in [4.69, 9.17) is 11.1 Å². The SMILES string of the molecule is N=C1C=C[N+](c2ccc(C3CCN(C4CCN(c5ccc6c7c(cncc57)C(=O)N6C5CCC(=O)NC5=O)CC4)CC3)cc2)=C1/C=C(\N)c1ccccc1O. The molecule has 6 heterocycles. The zero-order valence-electron chi connectivity index (χ0n) is 30.4. The van der Waals surface area contributed by atoms with E-state index in [2.05, 4.69) is 50.4 Å². The van der Waals surface area contributed by atoms with Crippen LogP contribution in [0.15, 0.2) is 91.4 Å². The topological polar surface area (TPSA) is 159 Å². The van der Waals surface area contributed by atoms with Gasteiger partial charge in [-0.15, -0.1) is 0 Å². The van der Waals surface area contributed by atoms with Crippen LogP contribution in [0.1, 0.15) is 65.9 Å². The van der Waals surface area contributed by atoms with Gasteiger partial charge in [-0.05, 0) is 80.9 Å². The quantitative estimate of drug-likeness (QED) is 0.149. The van der Waals surface area contributed by atoms with E-state index in [9.17, 15) is 19.5 Å². The molecule has 5 aliphatic rings. The number of pyridine rings is 1. The van der Waals surface area contributed by atoms with Crippen molar-refractivity contribution in [3.63, 3.8) is 0 Å². The highest BCUT2D eigenvalue weighted by molar-refractivity contribution is 6.49. The average molecular weight is 736 g/mol. The Morgan fingerprint density at radius 2 is 1.65 bits per heavy atom. The van der Waals surface area contributed by atoms with Crippen LogP contribution in [0.3, 0.4) is 0 Å². The number of anilines is 2. The van der Waals surface area contributed by atoms with E-state index < -0.39 is 11.9 Å². The van der Waals surface area contributed by atoms with Crippen molar-refractivity contribution in [2.75, 3.05) is 36.0 Å². The van der Waals surface area contributed by atoms with Crippen molar-refractivity contribution in [1.82, 2.24) is 15.2 Å². The number of phenolic OH excluding ortho intramolecular Hbond substituents is 1. The van der Waals surface area contributed by atoms with Gasteiger partial charge in [0.15, 0.2) is 6.20 Å². The number of carbonyl (C=O) groups excluding carboxylic acids is 3. The predicted molar refractivity (Wildman–Crippen MR) is 212 cm³/mol. The molecule has 3 aromatic carbocycles. The summed E-state index contributed by atoms with van der Waals surface area (Å²) < 4.78 is 1.96. The number of nitrogens with two attached hydrogens (primary N) is 1. The van der Waals surface area contributed by atoms with Crippen molar-refractivity contribution in [3.8, 4) is 5.75 Å². The van der Waals surface area contributed by atoms with Crippen molar-refractivity contribution < 1.29 is 24.1 Å². The number of carbonyl (C=O) groups is 3. The molecular weight excluding hydrogens is 693 g/mol. The molecule has 55 heavy (non-hydrogen) atoms. The standard InChI is InChI=1S/C43H42N8O4/c44-33-17-22-50(38(33)23-34(45)30-3-1-2-4-39(30)52)29-7-5-26(6-8-29)27-13-18-48(19-14-27)28-15-20-49(21-16-28)35-9-10-36-41-31(35)24-46-25-32(41)43(55)51(36)37-11-12-40(53)47-42(37)54/h1-10,17,22-25,27-28,37,44H,11-16,18-21H2,(H3,45,47,52,53,54)/p+1. The van der Waals surface area contributed by atoms with Crippen LogP contribution in [-0.4, -0.2) is 87.0 Å². The van der Waals surface area contributed by atoms with Crippen LogP contribution in [0.25, 0.3) is 16.5 Å². The molecule has 5 aliphatic heterocycles. The summed E-state index contributed by atoms with van der Waals surface area (Å²) in [6.45, 7) is 3.93. The van der Waals surface area contributed by atoms with Gasteiger partial charge >= 0.3 is 0 Å². The highest BCUT2D eigenvalue weighted by Gasteiger charge is 2.41. The second kappa shape index (κ2) is 13.9. The Bertz CT molecular complexity index is 2350. The summed E-state index contributed by atoms with van der Waals surface area (Å²) >= 11 is 0. The first-order valence-corrected chi connectivity index (χ1v) is 19.1. The van der Waals surface area contributed by atoms with Crippen LogP contribution in [0, 0.1) is 5.41 Å². The molecule has 1 unspecified atom stereocenters. The Balaban J connectivity index is 0.834. The molecule has 5 N–H and O–H groups in total. The molecule has 0 radical (unpaired) electrons. The molecule has 4 aromatic rings. The van der Waals surface area contributed by atoms with E-state index in [0.29, 0.717) is 52.3 Å². The fraction of sp³-hybridized carbons (Fsp3) is 0.302. The van der Waals surface area contributed by atoms with Crippen molar-refractivity contribution >= 4 is 62.7 Å². The van der Waals surface area contributed by atoms with Crippen LogP contribution >= 0.6 is 0 Å². The molecule has 3 amide bonds. The maximum Gasteiger partial charge on any atom is 0.261 e. The van der Waals surface area contributed by atoms with Gasteiger partial charge in [-0.2, -0.15) is 4.58 Å². The molecule has 9 rings (SSSR count). The molecule has 0 saturated carbocycles. The van der Waals surface area contributed by atoms with E-state index in [-0.39, 0.29) is 24.0 Å². The van der Waals surface area contributed by atoms with Gasteiger partial charge in [-0.1, -0.05) is 24.3 Å². The predicted octanol–water partition coefficient (Wildman–Crippen LogP) is 5.19. The molecule has 3 fully saturated rings. The number of aromatic hydroxyl groups is 1. The number of nitrogens with one attached hydrogen (secondary N) is 2. The largest absolute Gasteiger partial charge is 0.507 e. The fourth-order valence-corrected chi connectivity index (χ4v) is 9.11. The van der Waals surface area contributed by atoms with E-state index >= 15 is 0 Å². The number of likely N-dealkylation sites (tertiary alicyclic amines) is 1. The lowest BCUT2D eigenvalue weighted by molar-refractivity contribution is -0.354. The highest BCUT2D eigenvalue weighted by atomic mass is 16.3. The second-order valence-electron chi connectivity index (χ2n) is 15.1. The molecule has 1 atom stereocenters. The normalized spacial score (nSPS) is 21.4. The summed E-state index contributed by atoms with van der Waals surface area (Å²) in [5, 5.41) is 22.9. The van der Waals surface area contributed by atoms with Crippen LogP contribution < -0.4 is 20.9 Å². The van der Waals surface area contributed by atoms with E-state index in [1.165, 1.54) is 5.56 Å². The van der Waals surface area contributed by atoms with Gasteiger partial charge in [-0.25, -0.2) is 0 Å². The van der Waals surface area contributed by atoms with Crippen LogP contribution in [0.2, 0.25) is 0 Å². The molecule has 0 spiro atoms. The number of allylic oxidation sites excluding steroid dienone is 2. The summed E-state index contributed by atoms with van der Waals surface area (Å²) in [6.07, 6.45) is 13.6. The lowest BCUT2D eigenvalue weighted by atomic mass is 9.88. The van der Waals surface area contributed by atoms with Crippen molar-refractivity contribution in [3.05, 3.63) is 108 Å². The highest BCUT2D eigenvalue weighted by Crippen LogP contribution is 2.43. The van der Waals surface area contributed by atoms with Crippen LogP contribution in [-0.2, 0) is 9.59 Å². The maximum atomic E-state index is 13.6. The molecule has 12 nitrogen and oxygen atoms in total. The number of aromatic nitrogens is 1. The molecule has 0 aliphatic carbocycles. The number of amides is 3. The van der Waals surface area contributed by atoms with E-state index in [1.807, 2.05) is 29.1 Å². The average Bonchev–Trinajstić information content (AvgIpc) is 3.71. The second-order valence-corrected chi connectivity index (χ2v) is 15.1. The van der Waals surface area contributed by atoms with Gasteiger partial charge in [0.25, 0.3) is 5.91 Å². The number of para-hydroxylation sites is 1. The van der Waals surface area contributed by atoms with Crippen molar-refractivity contribution in [2.45, 2.75) is 56.5 Å². The Labute approximate surface area is 318 Å². The minimum absolute atomic E-state index is 0.107. The number of imide groups is 1. The number of rotatable bonds is 7. The van der Waals surface area contributed by atoms with Crippen molar-refractivity contribution in [2.24, 2.45) is 5.73 Å². The monoisotopic (exact) mass is 735 g/mol. The number of benzene rings is 3. The first-order valence-electron chi connectivity index (χ1n) is 19.1. The van der Waals surface area contributed by atoms with Crippen LogP contribution in [0.5, 0.6) is 5.75 Å². The lowest BCUT2D eigenvalue weighted by Gasteiger charge is -2.42. The number of phenols is 1. The third-order valence-corrected chi connectivity index (χ3v) is 12.0. The van der Waals surface area contributed by atoms with Crippen molar-refractivity contribution in [1.29, 1.82) is 5.41 Å². The van der Waals surface area contributed by atoms with Gasteiger partial charge in [0, 0.05) is 90.0 Å².